The van der Waals surface area contributed by atoms with E-state index >= 15 is 0 Å². The Bertz CT molecular complexity index is 1120. The van der Waals surface area contributed by atoms with Crippen molar-refractivity contribution in [3.05, 3.63) is 52.8 Å². The van der Waals surface area contributed by atoms with Crippen molar-refractivity contribution in [1.29, 1.82) is 0 Å². The van der Waals surface area contributed by atoms with Crippen molar-refractivity contribution in [1.82, 2.24) is 10.2 Å². The number of rotatable bonds is 4. The second kappa shape index (κ2) is 7.39. The molecule has 1 amide bonds. The zero-order valence-electron chi connectivity index (χ0n) is 15.0. The number of hydrogen-bond donors (Lipinski definition) is 3. The molecular weight excluding hydrogens is 362 g/mol. The Kier molecular flexibility index (Phi) is 4.63. The van der Waals surface area contributed by atoms with Gasteiger partial charge in [-0.05, 0) is 36.4 Å². The van der Waals surface area contributed by atoms with Crippen molar-refractivity contribution in [2.24, 2.45) is 10.2 Å². The molecule has 1 aliphatic rings. The molecule has 0 unspecified atom stereocenters. The maximum absolute atomic E-state index is 12.2. The predicted molar refractivity (Wildman–Crippen MR) is 103 cm³/mol. The van der Waals surface area contributed by atoms with Crippen LogP contribution in [0.25, 0.3) is 11.3 Å². The third kappa shape index (κ3) is 3.63. The standard InChI is InChI=1S/C19H17N5O4/c1-11(25)20-13-3-2-4-14(10-13)21-23-18-17(22-24-19(18)26)12-5-6-15-16(9-12)28-8-7-27-15/h2-6,9-10H,7-8H2,1H3,(H,20,25)(H2,22,24,26). The summed E-state index contributed by atoms with van der Waals surface area (Å²) in [5.41, 5.74) is 2.04. The summed E-state index contributed by atoms with van der Waals surface area (Å²) in [5, 5.41) is 16.3. The third-order valence-corrected chi connectivity index (χ3v) is 4.02. The van der Waals surface area contributed by atoms with Gasteiger partial charge in [0.1, 0.15) is 13.2 Å². The van der Waals surface area contributed by atoms with Gasteiger partial charge in [-0.15, -0.1) is 5.11 Å². The lowest BCUT2D eigenvalue weighted by molar-refractivity contribution is -0.114. The highest BCUT2D eigenvalue weighted by Gasteiger charge is 2.16. The van der Waals surface area contributed by atoms with Crippen LogP contribution in [0.3, 0.4) is 0 Å². The van der Waals surface area contributed by atoms with E-state index in [2.05, 4.69) is 25.7 Å². The van der Waals surface area contributed by atoms with Gasteiger partial charge in [0.15, 0.2) is 17.2 Å². The number of carbonyl (C=O) groups excluding carboxylic acids is 1. The van der Waals surface area contributed by atoms with Gasteiger partial charge in [-0.3, -0.25) is 19.8 Å². The van der Waals surface area contributed by atoms with Gasteiger partial charge in [-0.2, -0.15) is 5.11 Å². The molecule has 4 rings (SSSR count). The normalized spacial score (nSPS) is 12.9. The summed E-state index contributed by atoms with van der Waals surface area (Å²) in [6, 6.07) is 12.2. The molecule has 1 aromatic heterocycles. The highest BCUT2D eigenvalue weighted by Crippen LogP contribution is 2.36. The molecule has 0 aliphatic carbocycles. The SMILES string of the molecule is CC(=O)Nc1cccc(N=Nc2c(-c3ccc4c(c3)OCCO4)[nH][nH]c2=O)c1. The van der Waals surface area contributed by atoms with Crippen molar-refractivity contribution in [3.8, 4) is 22.8 Å². The monoisotopic (exact) mass is 379 g/mol. The van der Waals surface area contributed by atoms with Crippen LogP contribution in [0.4, 0.5) is 17.1 Å². The minimum atomic E-state index is -0.397. The van der Waals surface area contributed by atoms with Gasteiger partial charge in [0.25, 0.3) is 5.56 Å². The Morgan fingerprint density at radius 2 is 1.86 bits per heavy atom. The van der Waals surface area contributed by atoms with E-state index in [1.807, 2.05) is 6.07 Å². The number of aromatic amines is 2. The van der Waals surface area contributed by atoms with Gasteiger partial charge in [0, 0.05) is 18.2 Å². The van der Waals surface area contributed by atoms with Crippen molar-refractivity contribution < 1.29 is 14.3 Å². The Morgan fingerprint density at radius 3 is 2.68 bits per heavy atom. The molecule has 0 saturated heterocycles. The van der Waals surface area contributed by atoms with Gasteiger partial charge in [0.2, 0.25) is 5.91 Å². The van der Waals surface area contributed by atoms with E-state index in [1.54, 1.807) is 36.4 Å². The minimum Gasteiger partial charge on any atom is -0.486 e. The van der Waals surface area contributed by atoms with E-state index < -0.39 is 5.56 Å². The summed E-state index contributed by atoms with van der Waals surface area (Å²) in [4.78, 5) is 23.4. The number of carbonyl (C=O) groups is 1. The van der Waals surface area contributed by atoms with Crippen LogP contribution in [-0.2, 0) is 4.79 Å². The van der Waals surface area contributed by atoms with Crippen LogP contribution in [0.1, 0.15) is 6.92 Å². The van der Waals surface area contributed by atoms with Crippen molar-refractivity contribution in [3.63, 3.8) is 0 Å². The number of aromatic nitrogens is 2. The molecule has 3 aromatic rings. The summed E-state index contributed by atoms with van der Waals surface area (Å²) in [6.07, 6.45) is 0. The Balaban J connectivity index is 1.65. The topological polar surface area (TPSA) is 121 Å². The number of benzene rings is 2. The zero-order chi connectivity index (χ0) is 19.5. The summed E-state index contributed by atoms with van der Waals surface area (Å²) in [5.74, 6) is 1.08. The molecule has 28 heavy (non-hydrogen) atoms. The van der Waals surface area contributed by atoms with Gasteiger partial charge in [-0.1, -0.05) is 6.07 Å². The number of nitrogens with zero attached hydrogens (tertiary/aromatic N) is 2. The fraction of sp³-hybridized carbons (Fsp3) is 0.158. The first-order chi connectivity index (χ1) is 13.6. The van der Waals surface area contributed by atoms with E-state index in [0.717, 1.165) is 0 Å². The molecule has 0 bridgehead atoms. The van der Waals surface area contributed by atoms with E-state index in [0.29, 0.717) is 47.3 Å². The Hall–Kier alpha value is -3.88. The van der Waals surface area contributed by atoms with E-state index in [9.17, 15) is 9.59 Å². The summed E-state index contributed by atoms with van der Waals surface area (Å²) < 4.78 is 11.1. The van der Waals surface area contributed by atoms with Crippen LogP contribution in [0, 0.1) is 0 Å². The summed E-state index contributed by atoms with van der Waals surface area (Å²) >= 11 is 0. The average Bonchev–Trinajstić information content (AvgIpc) is 3.06. The third-order valence-electron chi connectivity index (χ3n) is 4.02. The first-order valence-electron chi connectivity index (χ1n) is 8.60. The van der Waals surface area contributed by atoms with Gasteiger partial charge in [-0.25, -0.2) is 0 Å². The number of amides is 1. The molecule has 0 spiro atoms. The molecule has 3 N–H and O–H groups in total. The van der Waals surface area contributed by atoms with Crippen LogP contribution in [0.15, 0.2) is 57.5 Å². The fourth-order valence-electron chi connectivity index (χ4n) is 2.81. The molecule has 9 heteroatoms. The van der Waals surface area contributed by atoms with Crippen LogP contribution < -0.4 is 20.3 Å². The number of nitrogens with one attached hydrogen (secondary N) is 3. The molecule has 0 atom stereocenters. The lowest BCUT2D eigenvalue weighted by Gasteiger charge is -2.18. The Morgan fingerprint density at radius 1 is 1.04 bits per heavy atom. The number of ether oxygens (including phenoxy) is 2. The number of azo groups is 1. The first-order valence-corrected chi connectivity index (χ1v) is 8.60. The highest BCUT2D eigenvalue weighted by atomic mass is 16.6. The van der Waals surface area contributed by atoms with E-state index in [-0.39, 0.29) is 11.6 Å². The summed E-state index contributed by atoms with van der Waals surface area (Å²) in [6.45, 7) is 2.40. The molecule has 2 heterocycles. The molecule has 0 fully saturated rings. The second-order valence-electron chi connectivity index (χ2n) is 6.09. The minimum absolute atomic E-state index is 0.140. The van der Waals surface area contributed by atoms with Crippen LogP contribution in [0.5, 0.6) is 11.5 Å². The smallest absolute Gasteiger partial charge is 0.292 e. The highest BCUT2D eigenvalue weighted by molar-refractivity contribution is 5.89. The number of fused-ring (bicyclic) bond motifs is 1. The second-order valence-corrected chi connectivity index (χ2v) is 6.09. The van der Waals surface area contributed by atoms with Gasteiger partial charge >= 0.3 is 0 Å². The van der Waals surface area contributed by atoms with E-state index in [1.165, 1.54) is 6.92 Å². The molecule has 142 valence electrons. The number of H-pyrrole nitrogens is 2. The molecular formula is C19H17N5O4. The average molecular weight is 379 g/mol. The maximum Gasteiger partial charge on any atom is 0.292 e. The largest absolute Gasteiger partial charge is 0.486 e. The zero-order valence-corrected chi connectivity index (χ0v) is 15.0. The van der Waals surface area contributed by atoms with E-state index in [4.69, 9.17) is 9.47 Å². The molecule has 1 aliphatic heterocycles. The van der Waals surface area contributed by atoms with Crippen LogP contribution in [-0.4, -0.2) is 29.3 Å². The lowest BCUT2D eigenvalue weighted by atomic mass is 10.1. The van der Waals surface area contributed by atoms with Crippen LogP contribution in [0.2, 0.25) is 0 Å². The molecule has 0 saturated carbocycles. The fourth-order valence-corrected chi connectivity index (χ4v) is 2.81. The quantitative estimate of drug-likeness (QED) is 0.601. The lowest BCUT2D eigenvalue weighted by Crippen LogP contribution is -2.15. The maximum atomic E-state index is 12.2. The number of anilines is 1. The molecule has 9 nitrogen and oxygen atoms in total. The van der Waals surface area contributed by atoms with Gasteiger partial charge < -0.3 is 14.8 Å². The van der Waals surface area contributed by atoms with Crippen molar-refractivity contribution in [2.45, 2.75) is 6.92 Å². The molecule has 0 radical (unpaired) electrons. The molecule has 2 aromatic carbocycles. The summed E-state index contributed by atoms with van der Waals surface area (Å²) in [7, 11) is 0. The first kappa shape index (κ1) is 17.5. The van der Waals surface area contributed by atoms with Crippen LogP contribution >= 0.6 is 0 Å². The van der Waals surface area contributed by atoms with Gasteiger partial charge in [0.05, 0.1) is 11.4 Å². The Labute approximate surface area is 159 Å². The number of hydrogen-bond acceptors (Lipinski definition) is 6. The van der Waals surface area contributed by atoms with Crippen molar-refractivity contribution >= 4 is 23.0 Å². The van der Waals surface area contributed by atoms with Crippen molar-refractivity contribution in [2.75, 3.05) is 18.5 Å². The predicted octanol–water partition coefficient (Wildman–Crippen LogP) is 3.52.